The van der Waals surface area contributed by atoms with Crippen LogP contribution in [0.25, 0.3) is 0 Å². The minimum atomic E-state index is -0.112. The van der Waals surface area contributed by atoms with Gasteiger partial charge >= 0.3 is 0 Å². The molecule has 0 aliphatic heterocycles. The summed E-state index contributed by atoms with van der Waals surface area (Å²) in [7, 11) is 0. The number of rotatable bonds is 3. The summed E-state index contributed by atoms with van der Waals surface area (Å²) in [5.41, 5.74) is 1.05. The van der Waals surface area contributed by atoms with Gasteiger partial charge in [0.25, 0.3) is 0 Å². The first-order valence-corrected chi connectivity index (χ1v) is 5.00. The molecule has 0 radical (unpaired) electrons. The lowest BCUT2D eigenvalue weighted by Gasteiger charge is -2.15. The zero-order valence-electron chi connectivity index (χ0n) is 7.25. The molecule has 1 rings (SSSR count). The number of halogens is 1. The minimum Gasteiger partial charge on any atom is -0.336 e. The molecule has 0 bridgehead atoms. The molecule has 0 spiro atoms. The van der Waals surface area contributed by atoms with E-state index in [0.29, 0.717) is 0 Å². The second-order valence-electron chi connectivity index (χ2n) is 2.65. The number of amides is 1. The van der Waals surface area contributed by atoms with Crippen LogP contribution in [0.15, 0.2) is 30.3 Å². The van der Waals surface area contributed by atoms with Gasteiger partial charge in [-0.1, -0.05) is 30.3 Å². The normalized spacial score (nSPS) is 12.2. The number of hydrogen-bond donors (Lipinski definition) is 2. The summed E-state index contributed by atoms with van der Waals surface area (Å²) in [4.78, 5) is 10.8. The van der Waals surface area contributed by atoms with E-state index in [0.717, 1.165) is 5.56 Å². The predicted octanol–water partition coefficient (Wildman–Crippen LogP) is 1.76. The first-order chi connectivity index (χ1) is 6.24. The van der Waals surface area contributed by atoms with E-state index in [1.165, 1.54) is 6.92 Å². The Hall–Kier alpha value is -0.620. The van der Waals surface area contributed by atoms with Crippen molar-refractivity contribution in [3.8, 4) is 0 Å². The molecule has 0 aliphatic rings. The number of nitrogens with one attached hydrogen (secondary N) is 2. The van der Waals surface area contributed by atoms with E-state index in [1.54, 1.807) is 0 Å². The van der Waals surface area contributed by atoms with Crippen LogP contribution in [0.2, 0.25) is 0 Å². The molecule has 1 aromatic carbocycles. The van der Waals surface area contributed by atoms with E-state index in [9.17, 15) is 4.79 Å². The van der Waals surface area contributed by atoms with Crippen molar-refractivity contribution in [2.75, 3.05) is 0 Å². The van der Waals surface area contributed by atoms with Gasteiger partial charge in [-0.05, 0) is 5.56 Å². The van der Waals surface area contributed by atoms with Gasteiger partial charge in [-0.15, -0.1) is 0 Å². The standard InChI is InChI=1S/C9H11IN2O/c1-7(13)11-9(12-10)8-5-3-2-4-6-8/h2-6,9,12H,1H3,(H,11,13). The third-order valence-corrected chi connectivity index (χ3v) is 2.21. The molecule has 1 unspecified atom stereocenters. The SMILES string of the molecule is CC(=O)NC(NI)c1ccccc1. The second kappa shape index (κ2) is 5.18. The van der Waals surface area contributed by atoms with Crippen LogP contribution in [0.5, 0.6) is 0 Å². The van der Waals surface area contributed by atoms with Gasteiger partial charge in [0, 0.05) is 29.8 Å². The summed E-state index contributed by atoms with van der Waals surface area (Å²) in [6, 6.07) is 9.76. The number of hydrogen-bond acceptors (Lipinski definition) is 2. The average molecular weight is 290 g/mol. The van der Waals surface area contributed by atoms with Crippen LogP contribution in [0.4, 0.5) is 0 Å². The molecule has 2 N–H and O–H groups in total. The first-order valence-electron chi connectivity index (χ1n) is 3.92. The van der Waals surface area contributed by atoms with Crippen molar-refractivity contribution in [2.24, 2.45) is 0 Å². The zero-order chi connectivity index (χ0) is 9.68. The molecule has 0 saturated heterocycles. The van der Waals surface area contributed by atoms with Crippen LogP contribution in [-0.2, 0) is 4.79 Å². The van der Waals surface area contributed by atoms with Crippen LogP contribution < -0.4 is 8.85 Å². The summed E-state index contributed by atoms with van der Waals surface area (Å²) in [5.74, 6) is -0.0435. The van der Waals surface area contributed by atoms with E-state index in [2.05, 4.69) is 8.85 Å². The van der Waals surface area contributed by atoms with E-state index < -0.39 is 0 Å². The summed E-state index contributed by atoms with van der Waals surface area (Å²) in [6.45, 7) is 1.50. The third kappa shape index (κ3) is 3.31. The fourth-order valence-electron chi connectivity index (χ4n) is 1.02. The molecule has 0 fully saturated rings. The molecule has 1 aromatic rings. The Morgan fingerprint density at radius 2 is 2.00 bits per heavy atom. The Kier molecular flexibility index (Phi) is 4.17. The molecule has 3 nitrogen and oxygen atoms in total. The molecule has 13 heavy (non-hydrogen) atoms. The Bertz CT molecular complexity index is 276. The molecule has 0 saturated carbocycles. The number of carbonyl (C=O) groups excluding carboxylic acids is 1. The van der Waals surface area contributed by atoms with Crippen molar-refractivity contribution in [1.82, 2.24) is 8.85 Å². The van der Waals surface area contributed by atoms with Crippen LogP contribution in [-0.4, -0.2) is 5.91 Å². The Balaban J connectivity index is 2.73. The molecule has 1 atom stereocenters. The highest BCUT2D eigenvalue weighted by Crippen LogP contribution is 2.10. The lowest BCUT2D eigenvalue weighted by molar-refractivity contribution is -0.119. The van der Waals surface area contributed by atoms with Crippen molar-refractivity contribution in [1.29, 1.82) is 0 Å². The summed E-state index contributed by atoms with van der Waals surface area (Å²) < 4.78 is 2.99. The Labute approximate surface area is 91.4 Å². The van der Waals surface area contributed by atoms with Gasteiger partial charge in [0.05, 0.1) is 0 Å². The zero-order valence-corrected chi connectivity index (χ0v) is 9.41. The maximum Gasteiger partial charge on any atom is 0.218 e. The first kappa shape index (κ1) is 10.5. The van der Waals surface area contributed by atoms with Gasteiger partial charge in [0.2, 0.25) is 5.91 Å². The summed E-state index contributed by atoms with van der Waals surface area (Å²) in [5, 5.41) is 2.79. The highest BCUT2D eigenvalue weighted by molar-refractivity contribution is 14.1. The molecule has 4 heteroatoms. The Morgan fingerprint density at radius 1 is 1.38 bits per heavy atom. The van der Waals surface area contributed by atoms with Crippen molar-refractivity contribution >= 4 is 28.8 Å². The van der Waals surface area contributed by atoms with Crippen molar-refractivity contribution in [2.45, 2.75) is 13.1 Å². The van der Waals surface area contributed by atoms with Crippen molar-refractivity contribution in [3.63, 3.8) is 0 Å². The molecule has 70 valence electrons. The summed E-state index contributed by atoms with van der Waals surface area (Å²) in [6.07, 6.45) is -0.112. The van der Waals surface area contributed by atoms with Crippen LogP contribution in [0.1, 0.15) is 18.7 Å². The lowest BCUT2D eigenvalue weighted by atomic mass is 10.2. The molecular weight excluding hydrogens is 279 g/mol. The predicted molar refractivity (Wildman–Crippen MR) is 60.2 cm³/mol. The Morgan fingerprint density at radius 3 is 2.46 bits per heavy atom. The van der Waals surface area contributed by atoms with E-state index >= 15 is 0 Å². The highest BCUT2D eigenvalue weighted by atomic mass is 127. The maximum absolute atomic E-state index is 10.8. The van der Waals surface area contributed by atoms with Crippen LogP contribution in [0.3, 0.4) is 0 Å². The monoisotopic (exact) mass is 290 g/mol. The molecule has 0 aromatic heterocycles. The van der Waals surface area contributed by atoms with E-state index in [1.807, 2.05) is 53.2 Å². The molecule has 1 amide bonds. The maximum atomic E-state index is 10.8. The highest BCUT2D eigenvalue weighted by Gasteiger charge is 2.08. The van der Waals surface area contributed by atoms with Gasteiger partial charge in [0.1, 0.15) is 6.17 Å². The van der Waals surface area contributed by atoms with Gasteiger partial charge in [-0.25, -0.2) is 3.53 Å². The largest absolute Gasteiger partial charge is 0.336 e. The van der Waals surface area contributed by atoms with Gasteiger partial charge in [-0.3, -0.25) is 4.79 Å². The smallest absolute Gasteiger partial charge is 0.218 e. The van der Waals surface area contributed by atoms with E-state index in [-0.39, 0.29) is 12.1 Å². The molecular formula is C9H11IN2O. The van der Waals surface area contributed by atoms with Crippen LogP contribution in [0, 0.1) is 0 Å². The third-order valence-electron chi connectivity index (χ3n) is 1.59. The van der Waals surface area contributed by atoms with Gasteiger partial charge in [-0.2, -0.15) is 0 Å². The molecule has 0 heterocycles. The van der Waals surface area contributed by atoms with Crippen molar-refractivity contribution < 1.29 is 4.79 Å². The summed E-state index contributed by atoms with van der Waals surface area (Å²) >= 11 is 2.02. The van der Waals surface area contributed by atoms with Gasteiger partial charge in [0.15, 0.2) is 0 Å². The number of carbonyl (C=O) groups is 1. The lowest BCUT2D eigenvalue weighted by Crippen LogP contribution is -2.32. The topological polar surface area (TPSA) is 41.1 Å². The quantitative estimate of drug-likeness (QED) is 0.506. The second-order valence-corrected chi connectivity index (χ2v) is 3.28. The fraction of sp³-hybridized carbons (Fsp3) is 0.222. The minimum absolute atomic E-state index is 0.0435. The van der Waals surface area contributed by atoms with Crippen molar-refractivity contribution in [3.05, 3.63) is 35.9 Å². The fourth-order valence-corrected chi connectivity index (χ4v) is 1.54. The van der Waals surface area contributed by atoms with Gasteiger partial charge < -0.3 is 5.32 Å². The number of benzene rings is 1. The van der Waals surface area contributed by atoms with Crippen LogP contribution >= 0.6 is 22.9 Å². The molecule has 0 aliphatic carbocycles. The van der Waals surface area contributed by atoms with E-state index in [4.69, 9.17) is 0 Å². The average Bonchev–Trinajstić information content (AvgIpc) is 2.15.